The number of carbonyl (C=O) groups excluding carboxylic acids is 1. The summed E-state index contributed by atoms with van der Waals surface area (Å²) in [6, 6.07) is 9.53. The summed E-state index contributed by atoms with van der Waals surface area (Å²) in [7, 11) is 0. The molecule has 1 aromatic carbocycles. The van der Waals surface area contributed by atoms with E-state index in [0.717, 1.165) is 18.5 Å². The van der Waals surface area contributed by atoms with Crippen molar-refractivity contribution in [3.05, 3.63) is 47.5 Å². The van der Waals surface area contributed by atoms with Crippen LogP contribution in [0.1, 0.15) is 57.0 Å². The molecule has 2 heterocycles. The summed E-state index contributed by atoms with van der Waals surface area (Å²) in [6.45, 7) is 5.46. The van der Waals surface area contributed by atoms with Gasteiger partial charge < -0.3 is 13.8 Å². The molecule has 0 saturated carbocycles. The zero-order valence-electron chi connectivity index (χ0n) is 16.2. The van der Waals surface area contributed by atoms with Crippen LogP contribution in [0.3, 0.4) is 0 Å². The van der Waals surface area contributed by atoms with Gasteiger partial charge >= 0.3 is 0 Å². The van der Waals surface area contributed by atoms with Crippen molar-refractivity contribution in [3.8, 4) is 11.6 Å². The second-order valence-electron chi connectivity index (χ2n) is 6.49. The number of carbonyl (C=O) groups is 1. The van der Waals surface area contributed by atoms with Crippen LogP contribution in [0, 0.1) is 0 Å². The second kappa shape index (κ2) is 8.77. The number of alkyl halides is 1. The quantitative estimate of drug-likeness (QED) is 0.560. The molecule has 0 fully saturated rings. The number of aromatic nitrogens is 3. The number of nitrogens with zero attached hydrogens (tertiary/aromatic N) is 4. The van der Waals surface area contributed by atoms with Gasteiger partial charge in [0.05, 0.1) is 6.54 Å². The normalized spacial score (nSPS) is 12.1. The molecule has 8 heteroatoms. The summed E-state index contributed by atoms with van der Waals surface area (Å²) in [4.78, 5) is 14.2. The maximum Gasteiger partial charge on any atom is 0.270 e. The van der Waals surface area contributed by atoms with Crippen molar-refractivity contribution in [3.63, 3.8) is 0 Å². The van der Waals surface area contributed by atoms with Crippen molar-refractivity contribution in [1.82, 2.24) is 15.4 Å². The first-order chi connectivity index (χ1) is 13.5. The van der Waals surface area contributed by atoms with E-state index >= 15 is 0 Å². The molecule has 0 aliphatic carbocycles. The van der Waals surface area contributed by atoms with Crippen LogP contribution in [0.4, 0.5) is 10.1 Å². The van der Waals surface area contributed by atoms with Gasteiger partial charge in [-0.1, -0.05) is 37.6 Å². The molecule has 1 unspecified atom stereocenters. The van der Waals surface area contributed by atoms with E-state index in [1.54, 1.807) is 11.0 Å². The lowest BCUT2D eigenvalue weighted by Crippen LogP contribution is -2.29. The summed E-state index contributed by atoms with van der Waals surface area (Å²) in [5.41, 5.74) is 2.28. The molecule has 3 aromatic rings. The van der Waals surface area contributed by atoms with E-state index in [9.17, 15) is 9.18 Å². The number of hydrogen-bond donors (Lipinski definition) is 0. The van der Waals surface area contributed by atoms with Crippen molar-refractivity contribution in [1.29, 1.82) is 0 Å². The lowest BCUT2D eigenvalue weighted by molar-refractivity contribution is -0.118. The Kier molecular flexibility index (Phi) is 6.18. The monoisotopic (exact) mass is 386 g/mol. The topological polar surface area (TPSA) is 85.3 Å². The van der Waals surface area contributed by atoms with E-state index in [1.807, 2.05) is 31.2 Å². The van der Waals surface area contributed by atoms with E-state index in [4.69, 9.17) is 8.94 Å². The third-order valence-electron chi connectivity index (χ3n) is 4.24. The first kappa shape index (κ1) is 19.7. The Morgan fingerprint density at radius 3 is 2.75 bits per heavy atom. The number of anilines is 1. The smallest absolute Gasteiger partial charge is 0.270 e. The van der Waals surface area contributed by atoms with Gasteiger partial charge in [0.1, 0.15) is 0 Å². The third-order valence-corrected chi connectivity index (χ3v) is 4.24. The lowest BCUT2D eigenvalue weighted by atomic mass is 10.1. The Morgan fingerprint density at radius 1 is 1.25 bits per heavy atom. The molecule has 0 bridgehead atoms. The summed E-state index contributed by atoms with van der Waals surface area (Å²) < 4.78 is 23.9. The van der Waals surface area contributed by atoms with Gasteiger partial charge in [-0.25, -0.2) is 4.39 Å². The predicted octanol–water partition coefficient (Wildman–Crippen LogP) is 4.65. The molecule has 0 spiro atoms. The lowest BCUT2D eigenvalue weighted by Gasteiger charge is -2.21. The van der Waals surface area contributed by atoms with E-state index in [2.05, 4.69) is 22.3 Å². The zero-order valence-corrected chi connectivity index (χ0v) is 16.2. The van der Waals surface area contributed by atoms with Gasteiger partial charge in [0.25, 0.3) is 11.8 Å². The standard InChI is InChI=1S/C20H23FN4O3/c1-4-7-14-8-6-9-15(10-14)25(18(26)5-2)12-16-11-17(24-28-16)20-23-22-19(27-20)13(3)21/h6,8-11,13H,4-5,7,12H2,1-3H3. The Bertz CT molecular complexity index is 935. The van der Waals surface area contributed by atoms with E-state index in [-0.39, 0.29) is 24.2 Å². The van der Waals surface area contributed by atoms with Crippen molar-refractivity contribution < 1.29 is 18.1 Å². The number of aryl methyl sites for hydroxylation is 1. The first-order valence-electron chi connectivity index (χ1n) is 9.34. The molecule has 28 heavy (non-hydrogen) atoms. The van der Waals surface area contributed by atoms with Crippen LogP contribution in [-0.4, -0.2) is 21.3 Å². The fraction of sp³-hybridized carbons (Fsp3) is 0.400. The summed E-state index contributed by atoms with van der Waals surface area (Å²) >= 11 is 0. The fourth-order valence-corrected chi connectivity index (χ4v) is 2.83. The highest BCUT2D eigenvalue weighted by molar-refractivity contribution is 5.93. The van der Waals surface area contributed by atoms with Crippen LogP contribution < -0.4 is 4.90 Å². The maximum absolute atomic E-state index is 13.3. The molecular formula is C20H23FN4O3. The van der Waals surface area contributed by atoms with E-state index in [0.29, 0.717) is 17.9 Å². The Labute approximate surface area is 162 Å². The van der Waals surface area contributed by atoms with Gasteiger partial charge in [0.2, 0.25) is 5.91 Å². The number of rotatable bonds is 8. The molecule has 0 N–H and O–H groups in total. The highest BCUT2D eigenvalue weighted by Gasteiger charge is 2.20. The molecule has 0 radical (unpaired) electrons. The highest BCUT2D eigenvalue weighted by atomic mass is 19.1. The van der Waals surface area contributed by atoms with Crippen LogP contribution in [0.25, 0.3) is 11.6 Å². The van der Waals surface area contributed by atoms with Gasteiger partial charge in [0, 0.05) is 18.2 Å². The van der Waals surface area contributed by atoms with Gasteiger partial charge in [-0.3, -0.25) is 4.79 Å². The molecule has 0 aliphatic heterocycles. The van der Waals surface area contributed by atoms with Crippen LogP contribution in [0.2, 0.25) is 0 Å². The van der Waals surface area contributed by atoms with Gasteiger partial charge in [-0.15, -0.1) is 10.2 Å². The van der Waals surface area contributed by atoms with Crippen molar-refractivity contribution in [2.24, 2.45) is 0 Å². The average Bonchev–Trinajstić information content (AvgIpc) is 3.35. The molecule has 2 aromatic heterocycles. The van der Waals surface area contributed by atoms with Crippen LogP contribution >= 0.6 is 0 Å². The molecule has 1 atom stereocenters. The fourth-order valence-electron chi connectivity index (χ4n) is 2.83. The highest BCUT2D eigenvalue weighted by Crippen LogP contribution is 2.25. The van der Waals surface area contributed by atoms with Crippen molar-refractivity contribution in [2.75, 3.05) is 4.90 Å². The van der Waals surface area contributed by atoms with Gasteiger partial charge in [0.15, 0.2) is 17.6 Å². The number of halogens is 1. The second-order valence-corrected chi connectivity index (χ2v) is 6.49. The largest absolute Gasteiger partial charge is 0.416 e. The minimum absolute atomic E-state index is 0.0297. The summed E-state index contributed by atoms with van der Waals surface area (Å²) in [5.74, 6) is 0.395. The van der Waals surface area contributed by atoms with Gasteiger partial charge in [-0.2, -0.15) is 0 Å². The Balaban J connectivity index is 1.83. The maximum atomic E-state index is 13.3. The molecule has 7 nitrogen and oxygen atoms in total. The number of hydrogen-bond acceptors (Lipinski definition) is 6. The average molecular weight is 386 g/mol. The summed E-state index contributed by atoms with van der Waals surface area (Å²) in [6.07, 6.45) is 0.975. The van der Waals surface area contributed by atoms with Crippen molar-refractivity contribution in [2.45, 2.75) is 52.8 Å². The molecule has 1 amide bonds. The SMILES string of the molecule is CCCc1cccc(N(Cc2cc(-c3nnc(C(C)F)o3)no2)C(=O)CC)c1. The first-order valence-corrected chi connectivity index (χ1v) is 9.34. The van der Waals surface area contributed by atoms with E-state index < -0.39 is 6.17 Å². The molecule has 0 aliphatic rings. The minimum Gasteiger partial charge on any atom is -0.416 e. The van der Waals surface area contributed by atoms with Crippen LogP contribution in [0.15, 0.2) is 39.3 Å². The third kappa shape index (κ3) is 4.44. The summed E-state index contributed by atoms with van der Waals surface area (Å²) in [5, 5.41) is 11.3. The number of amides is 1. The van der Waals surface area contributed by atoms with Gasteiger partial charge in [-0.05, 0) is 31.0 Å². The zero-order chi connectivity index (χ0) is 20.1. The van der Waals surface area contributed by atoms with Crippen LogP contribution in [0.5, 0.6) is 0 Å². The van der Waals surface area contributed by atoms with E-state index in [1.165, 1.54) is 12.5 Å². The minimum atomic E-state index is -1.36. The molecular weight excluding hydrogens is 363 g/mol. The van der Waals surface area contributed by atoms with Crippen LogP contribution in [-0.2, 0) is 17.8 Å². The number of benzene rings is 1. The predicted molar refractivity (Wildman–Crippen MR) is 101 cm³/mol. The Morgan fingerprint density at radius 2 is 2.07 bits per heavy atom. The molecule has 3 rings (SSSR count). The molecule has 148 valence electrons. The Hall–Kier alpha value is -3.03. The van der Waals surface area contributed by atoms with Crippen molar-refractivity contribution >= 4 is 11.6 Å². The molecule has 0 saturated heterocycles.